The number of thioether (sulfide) groups is 1. The minimum Gasteiger partial charge on any atom is -0.476 e. The SMILES string of the molecule is Cc1nn(-c2nc(-c3ccc(Cl)c(Cl)c3)c(SC(C)C)s2)c(C(=O)O)c1-c1nc2ccccc2[nH]1. The maximum absolute atomic E-state index is 12.5. The first-order valence-corrected chi connectivity index (χ1v) is 13.1. The standard InChI is InChI=1S/C24H19Cl2N5O2S2/c1-11(2)34-23-19(13-8-9-14(25)15(26)10-13)29-24(35-23)31-20(22(32)33)18(12(3)30-31)21-27-16-6-4-5-7-17(16)28-21/h4-11H,1-3H3,(H,27,28)(H,32,33). The Hall–Kier alpha value is -2.85. The van der Waals surface area contributed by atoms with Crippen molar-refractivity contribution in [1.82, 2.24) is 24.7 Å². The third-order valence-electron chi connectivity index (χ3n) is 5.19. The average molecular weight is 544 g/mol. The fourth-order valence-corrected chi connectivity index (χ4v) is 6.50. The molecule has 5 aromatic rings. The number of carboxylic acids is 1. The van der Waals surface area contributed by atoms with Crippen LogP contribution in [0, 0.1) is 6.92 Å². The second-order valence-corrected chi connectivity index (χ2v) is 11.7. The molecule has 0 unspecified atom stereocenters. The lowest BCUT2D eigenvalue weighted by molar-refractivity contribution is 0.0687. The number of thiazole rings is 1. The van der Waals surface area contributed by atoms with Gasteiger partial charge in [0.15, 0.2) is 5.69 Å². The van der Waals surface area contributed by atoms with Crippen molar-refractivity contribution < 1.29 is 9.90 Å². The number of aryl methyl sites for hydroxylation is 1. The van der Waals surface area contributed by atoms with Crippen LogP contribution in [-0.2, 0) is 0 Å². The van der Waals surface area contributed by atoms with Crippen molar-refractivity contribution in [2.45, 2.75) is 30.2 Å². The van der Waals surface area contributed by atoms with E-state index in [1.165, 1.54) is 16.0 Å². The minimum absolute atomic E-state index is 0.00269. The molecule has 0 bridgehead atoms. The number of nitrogens with one attached hydrogen (secondary N) is 1. The van der Waals surface area contributed by atoms with Crippen LogP contribution >= 0.6 is 46.3 Å². The zero-order valence-corrected chi connectivity index (χ0v) is 22.0. The molecule has 0 saturated carbocycles. The Bertz CT molecular complexity index is 1560. The summed E-state index contributed by atoms with van der Waals surface area (Å²) in [6.45, 7) is 5.94. The molecule has 0 aliphatic carbocycles. The van der Waals surface area contributed by atoms with Gasteiger partial charge in [0, 0.05) is 10.8 Å². The molecule has 0 atom stereocenters. The van der Waals surface area contributed by atoms with E-state index < -0.39 is 5.97 Å². The predicted octanol–water partition coefficient (Wildman–Crippen LogP) is 7.35. The van der Waals surface area contributed by atoms with E-state index in [0.717, 1.165) is 20.8 Å². The normalized spacial score (nSPS) is 11.6. The third-order valence-corrected chi connectivity index (χ3v) is 8.17. The molecule has 7 nitrogen and oxygen atoms in total. The van der Waals surface area contributed by atoms with E-state index in [4.69, 9.17) is 28.2 Å². The summed E-state index contributed by atoms with van der Waals surface area (Å²) in [5.74, 6) is -0.671. The fourth-order valence-electron chi connectivity index (χ4n) is 3.72. The summed E-state index contributed by atoms with van der Waals surface area (Å²) in [5.41, 5.74) is 4.02. The van der Waals surface area contributed by atoms with E-state index in [-0.39, 0.29) is 10.9 Å². The number of para-hydroxylation sites is 2. The van der Waals surface area contributed by atoms with Crippen molar-refractivity contribution in [3.05, 3.63) is 63.9 Å². The lowest BCUT2D eigenvalue weighted by atomic mass is 10.2. The molecule has 2 N–H and O–H groups in total. The molecular formula is C24H19Cl2N5O2S2. The van der Waals surface area contributed by atoms with Crippen LogP contribution in [0.15, 0.2) is 46.7 Å². The highest BCUT2D eigenvalue weighted by atomic mass is 35.5. The van der Waals surface area contributed by atoms with Crippen LogP contribution in [0.2, 0.25) is 10.0 Å². The van der Waals surface area contributed by atoms with E-state index in [1.54, 1.807) is 30.8 Å². The summed E-state index contributed by atoms with van der Waals surface area (Å²) in [5, 5.41) is 16.4. The molecule has 3 heterocycles. The Kier molecular flexibility index (Phi) is 6.35. The number of hydrogen-bond donors (Lipinski definition) is 2. The number of benzene rings is 2. The second kappa shape index (κ2) is 9.31. The summed E-state index contributed by atoms with van der Waals surface area (Å²) in [6.07, 6.45) is 0. The molecule has 2 aromatic carbocycles. The smallest absolute Gasteiger partial charge is 0.355 e. The summed E-state index contributed by atoms with van der Waals surface area (Å²) in [6, 6.07) is 12.9. The van der Waals surface area contributed by atoms with Crippen molar-refractivity contribution in [1.29, 1.82) is 0 Å². The molecule has 0 aliphatic rings. The number of aromatic amines is 1. The quantitative estimate of drug-likeness (QED) is 0.217. The number of nitrogens with zero attached hydrogens (tertiary/aromatic N) is 4. The Morgan fingerprint density at radius 3 is 2.60 bits per heavy atom. The lowest BCUT2D eigenvalue weighted by Crippen LogP contribution is -2.09. The Labute approximate surface area is 219 Å². The number of carbonyl (C=O) groups is 1. The van der Waals surface area contributed by atoms with Gasteiger partial charge in [-0.15, -0.1) is 11.8 Å². The molecule has 0 saturated heterocycles. The van der Waals surface area contributed by atoms with Crippen molar-refractivity contribution in [2.24, 2.45) is 0 Å². The van der Waals surface area contributed by atoms with Crippen molar-refractivity contribution in [2.75, 3.05) is 0 Å². The third kappa shape index (κ3) is 4.45. The number of fused-ring (bicyclic) bond motifs is 1. The highest BCUT2D eigenvalue weighted by Gasteiger charge is 2.28. The number of carboxylic acid groups (broad SMARTS) is 1. The highest BCUT2D eigenvalue weighted by molar-refractivity contribution is 8.01. The Morgan fingerprint density at radius 2 is 1.91 bits per heavy atom. The predicted molar refractivity (Wildman–Crippen MR) is 142 cm³/mol. The molecule has 5 rings (SSSR count). The van der Waals surface area contributed by atoms with Gasteiger partial charge in [-0.3, -0.25) is 0 Å². The van der Waals surface area contributed by atoms with Crippen LogP contribution in [0.4, 0.5) is 0 Å². The van der Waals surface area contributed by atoms with Crippen molar-refractivity contribution in [3.63, 3.8) is 0 Å². The van der Waals surface area contributed by atoms with Gasteiger partial charge in [-0.1, -0.05) is 66.6 Å². The number of hydrogen-bond acceptors (Lipinski definition) is 6. The number of halogens is 2. The summed E-state index contributed by atoms with van der Waals surface area (Å²) >= 11 is 15.4. The van der Waals surface area contributed by atoms with E-state index in [0.29, 0.717) is 38.0 Å². The van der Waals surface area contributed by atoms with E-state index in [9.17, 15) is 9.90 Å². The molecule has 0 spiro atoms. The van der Waals surface area contributed by atoms with Crippen molar-refractivity contribution in [3.8, 4) is 27.8 Å². The van der Waals surface area contributed by atoms with Crippen LogP contribution in [0.1, 0.15) is 30.0 Å². The van der Waals surface area contributed by atoms with Crippen molar-refractivity contribution >= 4 is 63.3 Å². The van der Waals surface area contributed by atoms with Gasteiger partial charge in [0.2, 0.25) is 5.13 Å². The van der Waals surface area contributed by atoms with Gasteiger partial charge in [-0.2, -0.15) is 9.78 Å². The average Bonchev–Trinajstić information content (AvgIpc) is 3.49. The molecule has 0 aliphatic heterocycles. The number of imidazole rings is 1. The molecule has 35 heavy (non-hydrogen) atoms. The molecule has 0 amide bonds. The topological polar surface area (TPSA) is 96.7 Å². The van der Waals surface area contributed by atoms with Gasteiger partial charge in [-0.25, -0.2) is 14.8 Å². The zero-order valence-electron chi connectivity index (χ0n) is 18.8. The summed E-state index contributed by atoms with van der Waals surface area (Å²) < 4.78 is 2.32. The zero-order chi connectivity index (χ0) is 24.9. The molecule has 0 radical (unpaired) electrons. The maximum atomic E-state index is 12.5. The van der Waals surface area contributed by atoms with Crippen LogP contribution in [0.5, 0.6) is 0 Å². The summed E-state index contributed by atoms with van der Waals surface area (Å²) in [4.78, 5) is 25.1. The van der Waals surface area contributed by atoms with Gasteiger partial charge >= 0.3 is 5.97 Å². The van der Waals surface area contributed by atoms with Gasteiger partial charge < -0.3 is 10.1 Å². The fraction of sp³-hybridized carbons (Fsp3) is 0.167. The molecule has 178 valence electrons. The molecule has 11 heteroatoms. The number of aromatic nitrogens is 5. The number of rotatable bonds is 6. The first-order valence-electron chi connectivity index (χ1n) is 10.6. The molecule has 3 aromatic heterocycles. The van der Waals surface area contributed by atoms with Crippen LogP contribution in [0.3, 0.4) is 0 Å². The Balaban J connectivity index is 1.69. The Morgan fingerprint density at radius 1 is 1.14 bits per heavy atom. The van der Waals surface area contributed by atoms with Crippen LogP contribution in [-0.4, -0.2) is 41.1 Å². The minimum atomic E-state index is -1.12. The van der Waals surface area contributed by atoms with Gasteiger partial charge in [0.05, 0.1) is 42.2 Å². The maximum Gasteiger partial charge on any atom is 0.355 e. The first-order chi connectivity index (χ1) is 16.7. The van der Waals surface area contributed by atoms with E-state index in [1.807, 2.05) is 30.3 Å². The number of H-pyrrole nitrogens is 1. The molecule has 0 fully saturated rings. The molecular weight excluding hydrogens is 525 g/mol. The first kappa shape index (κ1) is 23.9. The lowest BCUT2D eigenvalue weighted by Gasteiger charge is -2.05. The highest BCUT2D eigenvalue weighted by Crippen LogP contribution is 2.41. The van der Waals surface area contributed by atoms with Gasteiger partial charge in [0.1, 0.15) is 5.82 Å². The van der Waals surface area contributed by atoms with E-state index in [2.05, 4.69) is 28.9 Å². The largest absolute Gasteiger partial charge is 0.476 e. The van der Waals surface area contributed by atoms with Crippen LogP contribution < -0.4 is 0 Å². The number of aromatic carboxylic acids is 1. The summed E-state index contributed by atoms with van der Waals surface area (Å²) in [7, 11) is 0. The van der Waals surface area contributed by atoms with Gasteiger partial charge in [0.25, 0.3) is 0 Å². The second-order valence-electron chi connectivity index (χ2n) is 8.06. The van der Waals surface area contributed by atoms with Gasteiger partial charge in [-0.05, 0) is 31.2 Å². The van der Waals surface area contributed by atoms with Crippen LogP contribution in [0.25, 0.3) is 38.8 Å². The van der Waals surface area contributed by atoms with E-state index >= 15 is 0 Å². The monoisotopic (exact) mass is 543 g/mol.